The van der Waals surface area contributed by atoms with E-state index in [4.69, 9.17) is 8.85 Å². The van der Waals surface area contributed by atoms with E-state index in [-0.39, 0.29) is 0 Å². The molecule has 1 unspecified atom stereocenters. The van der Waals surface area contributed by atoms with Crippen LogP contribution in [0.15, 0.2) is 23.8 Å². The molecule has 12 heavy (non-hydrogen) atoms. The van der Waals surface area contributed by atoms with E-state index in [2.05, 4.69) is 25.2 Å². The standard InChI is InChI=1S/C9H16O2Si/c1-4-8-5-6-9(7-8)12(10-2)11-3/h5-7,9,12H,4H2,1-3H3. The summed E-state index contributed by atoms with van der Waals surface area (Å²) in [5.41, 5.74) is 1.82. The van der Waals surface area contributed by atoms with Crippen molar-refractivity contribution in [2.75, 3.05) is 14.2 Å². The summed E-state index contributed by atoms with van der Waals surface area (Å²) in [6.45, 7) is 2.16. The van der Waals surface area contributed by atoms with Gasteiger partial charge in [-0.05, 0) is 6.42 Å². The minimum absolute atomic E-state index is 0.426. The Morgan fingerprint density at radius 2 is 2.08 bits per heavy atom. The van der Waals surface area contributed by atoms with Crippen LogP contribution in [-0.4, -0.2) is 23.5 Å². The Labute approximate surface area is 75.7 Å². The SMILES string of the molecule is CCC1=CC([SiH](OC)OC)C=C1. The molecule has 0 amide bonds. The highest BCUT2D eigenvalue weighted by atomic mass is 28.3. The van der Waals surface area contributed by atoms with Gasteiger partial charge in [0.15, 0.2) is 0 Å². The second-order valence-electron chi connectivity index (χ2n) is 2.87. The molecular weight excluding hydrogens is 168 g/mol. The normalized spacial score (nSPS) is 22.0. The lowest BCUT2D eigenvalue weighted by Crippen LogP contribution is -2.23. The third kappa shape index (κ3) is 2.06. The van der Waals surface area contributed by atoms with Gasteiger partial charge in [-0.25, -0.2) is 0 Å². The Kier molecular flexibility index (Phi) is 3.72. The van der Waals surface area contributed by atoms with E-state index in [0.29, 0.717) is 5.54 Å². The molecule has 0 aliphatic heterocycles. The van der Waals surface area contributed by atoms with Crippen molar-refractivity contribution in [2.24, 2.45) is 0 Å². The van der Waals surface area contributed by atoms with Crippen molar-refractivity contribution in [3.63, 3.8) is 0 Å². The van der Waals surface area contributed by atoms with Crippen LogP contribution in [0.2, 0.25) is 5.54 Å². The molecule has 0 bridgehead atoms. The van der Waals surface area contributed by atoms with Gasteiger partial charge in [0.25, 0.3) is 0 Å². The van der Waals surface area contributed by atoms with Gasteiger partial charge < -0.3 is 8.85 Å². The van der Waals surface area contributed by atoms with Crippen molar-refractivity contribution in [3.05, 3.63) is 23.8 Å². The lowest BCUT2D eigenvalue weighted by molar-refractivity contribution is 0.275. The zero-order valence-electron chi connectivity index (χ0n) is 7.91. The lowest BCUT2D eigenvalue weighted by Gasteiger charge is -2.14. The molecule has 0 aromatic carbocycles. The highest BCUT2D eigenvalue weighted by Crippen LogP contribution is 2.25. The van der Waals surface area contributed by atoms with E-state index in [1.54, 1.807) is 14.2 Å². The average molecular weight is 184 g/mol. The van der Waals surface area contributed by atoms with Gasteiger partial charge in [-0.2, -0.15) is 0 Å². The molecule has 0 spiro atoms. The Bertz CT molecular complexity index is 195. The third-order valence-electron chi connectivity index (χ3n) is 2.13. The molecule has 0 saturated heterocycles. The summed E-state index contributed by atoms with van der Waals surface area (Å²) >= 11 is 0. The van der Waals surface area contributed by atoms with Crippen LogP contribution < -0.4 is 0 Å². The van der Waals surface area contributed by atoms with Crippen molar-refractivity contribution in [1.29, 1.82) is 0 Å². The number of hydrogen-bond donors (Lipinski definition) is 0. The minimum atomic E-state index is -1.46. The fourth-order valence-corrected chi connectivity index (χ4v) is 2.93. The molecule has 0 radical (unpaired) electrons. The third-order valence-corrected chi connectivity index (χ3v) is 4.10. The smallest absolute Gasteiger partial charge is 0.331 e. The van der Waals surface area contributed by atoms with Gasteiger partial charge in [0.1, 0.15) is 0 Å². The van der Waals surface area contributed by atoms with Crippen LogP contribution in [0.4, 0.5) is 0 Å². The summed E-state index contributed by atoms with van der Waals surface area (Å²) in [4.78, 5) is 0. The molecule has 0 aromatic rings. The molecule has 2 nitrogen and oxygen atoms in total. The average Bonchev–Trinajstić information content (AvgIpc) is 2.55. The van der Waals surface area contributed by atoms with Crippen molar-refractivity contribution < 1.29 is 8.85 Å². The first-order chi connectivity index (χ1) is 5.81. The highest BCUT2D eigenvalue weighted by molar-refractivity contribution is 6.48. The Morgan fingerprint density at radius 3 is 2.50 bits per heavy atom. The second-order valence-corrected chi connectivity index (χ2v) is 5.32. The summed E-state index contributed by atoms with van der Waals surface area (Å²) in [5.74, 6) is 0. The molecule has 1 atom stereocenters. The number of hydrogen-bond acceptors (Lipinski definition) is 2. The maximum absolute atomic E-state index is 5.30. The van der Waals surface area contributed by atoms with Crippen LogP contribution in [0.1, 0.15) is 13.3 Å². The molecule has 1 aliphatic rings. The first kappa shape index (κ1) is 9.70. The predicted octanol–water partition coefficient (Wildman–Crippen LogP) is 1.78. The second kappa shape index (κ2) is 4.60. The Hall–Kier alpha value is -0.383. The van der Waals surface area contributed by atoms with Crippen molar-refractivity contribution in [2.45, 2.75) is 18.9 Å². The quantitative estimate of drug-likeness (QED) is 0.620. The largest absolute Gasteiger partial charge is 0.399 e. The zero-order chi connectivity index (χ0) is 8.97. The van der Waals surface area contributed by atoms with Crippen LogP contribution in [0.3, 0.4) is 0 Å². The lowest BCUT2D eigenvalue weighted by atomic mass is 10.2. The summed E-state index contributed by atoms with van der Waals surface area (Å²) in [6, 6.07) is 0. The fourth-order valence-electron chi connectivity index (χ4n) is 1.41. The number of rotatable bonds is 4. The first-order valence-corrected chi connectivity index (χ1v) is 5.87. The van der Waals surface area contributed by atoms with E-state index in [0.717, 1.165) is 6.42 Å². The molecule has 68 valence electrons. The summed E-state index contributed by atoms with van der Waals surface area (Å²) in [6.07, 6.45) is 7.71. The monoisotopic (exact) mass is 184 g/mol. The molecule has 0 aromatic heterocycles. The number of allylic oxidation sites excluding steroid dienone is 4. The fraction of sp³-hybridized carbons (Fsp3) is 0.556. The van der Waals surface area contributed by atoms with Crippen LogP contribution >= 0.6 is 0 Å². The summed E-state index contributed by atoms with van der Waals surface area (Å²) < 4.78 is 10.6. The van der Waals surface area contributed by atoms with Crippen LogP contribution in [0.25, 0.3) is 0 Å². The predicted molar refractivity (Wildman–Crippen MR) is 52.4 cm³/mol. The van der Waals surface area contributed by atoms with Gasteiger partial charge in [-0.3, -0.25) is 0 Å². The molecule has 0 N–H and O–H groups in total. The van der Waals surface area contributed by atoms with Crippen molar-refractivity contribution in [3.8, 4) is 0 Å². The topological polar surface area (TPSA) is 18.5 Å². The molecule has 3 heteroatoms. The van der Waals surface area contributed by atoms with Gasteiger partial charge in [0.2, 0.25) is 0 Å². The van der Waals surface area contributed by atoms with Crippen LogP contribution in [0, 0.1) is 0 Å². The van der Waals surface area contributed by atoms with Gasteiger partial charge in [-0.15, -0.1) is 0 Å². The van der Waals surface area contributed by atoms with Gasteiger partial charge >= 0.3 is 9.28 Å². The Balaban J connectivity index is 2.56. The molecule has 0 saturated carbocycles. The van der Waals surface area contributed by atoms with E-state index in [9.17, 15) is 0 Å². The molecular formula is C9H16O2Si. The first-order valence-electron chi connectivity index (χ1n) is 4.26. The van der Waals surface area contributed by atoms with Crippen molar-refractivity contribution in [1.82, 2.24) is 0 Å². The molecule has 1 rings (SSSR count). The maximum atomic E-state index is 5.30. The van der Waals surface area contributed by atoms with E-state index >= 15 is 0 Å². The Morgan fingerprint density at radius 1 is 1.42 bits per heavy atom. The highest BCUT2D eigenvalue weighted by Gasteiger charge is 2.22. The van der Waals surface area contributed by atoms with Crippen LogP contribution in [0.5, 0.6) is 0 Å². The molecule has 0 fully saturated rings. The van der Waals surface area contributed by atoms with E-state index in [1.807, 2.05) is 0 Å². The summed E-state index contributed by atoms with van der Waals surface area (Å²) in [5, 5.41) is 0. The molecule has 1 aliphatic carbocycles. The van der Waals surface area contributed by atoms with Gasteiger partial charge in [0, 0.05) is 19.8 Å². The van der Waals surface area contributed by atoms with E-state index in [1.165, 1.54) is 5.57 Å². The van der Waals surface area contributed by atoms with Crippen molar-refractivity contribution >= 4 is 9.28 Å². The molecule has 0 heterocycles. The minimum Gasteiger partial charge on any atom is -0.399 e. The van der Waals surface area contributed by atoms with Gasteiger partial charge in [0.05, 0.1) is 0 Å². The van der Waals surface area contributed by atoms with Crippen LogP contribution in [-0.2, 0) is 8.85 Å². The maximum Gasteiger partial charge on any atom is 0.331 e. The van der Waals surface area contributed by atoms with Gasteiger partial charge in [-0.1, -0.05) is 30.7 Å². The van der Waals surface area contributed by atoms with E-state index < -0.39 is 9.28 Å². The summed E-state index contributed by atoms with van der Waals surface area (Å²) in [7, 11) is 2.00. The zero-order valence-corrected chi connectivity index (χ0v) is 9.07.